The quantitative estimate of drug-likeness (QED) is 0.185. The second-order valence-corrected chi connectivity index (χ2v) is 14.6. The summed E-state index contributed by atoms with van der Waals surface area (Å²) in [5.41, 5.74) is 16.5. The highest BCUT2D eigenvalue weighted by Crippen LogP contribution is 2.68. The van der Waals surface area contributed by atoms with Crippen LogP contribution in [0.1, 0.15) is 22.3 Å². The van der Waals surface area contributed by atoms with Gasteiger partial charge in [0.05, 0.1) is 16.6 Å². The van der Waals surface area contributed by atoms with Gasteiger partial charge in [0.25, 0.3) is 0 Å². The maximum atomic E-state index is 5.40. The van der Waals surface area contributed by atoms with E-state index in [1.54, 1.807) is 0 Å². The first-order valence-electron chi connectivity index (χ1n) is 17.8. The lowest BCUT2D eigenvalue weighted by atomic mass is 9.70. The van der Waals surface area contributed by atoms with Crippen LogP contribution < -0.4 is 0 Å². The Hall–Kier alpha value is -6.42. The van der Waals surface area contributed by atoms with Gasteiger partial charge in [-0.05, 0) is 56.1 Å². The number of hydrogen-bond donors (Lipinski definition) is 0. The van der Waals surface area contributed by atoms with Crippen LogP contribution in [0.4, 0.5) is 0 Å². The lowest BCUT2D eigenvalue weighted by molar-refractivity contribution is 0.799. The number of para-hydroxylation sites is 1. The molecule has 0 saturated heterocycles. The van der Waals surface area contributed by atoms with Crippen molar-refractivity contribution < 1.29 is 0 Å². The van der Waals surface area contributed by atoms with E-state index >= 15 is 0 Å². The fourth-order valence-corrected chi connectivity index (χ4v) is 10.3. The number of fused-ring (bicyclic) bond motifs is 11. The molecule has 2 aromatic heterocycles. The van der Waals surface area contributed by atoms with Crippen LogP contribution in [-0.2, 0) is 5.41 Å². The molecule has 1 atom stereocenters. The van der Waals surface area contributed by atoms with Crippen LogP contribution in [0.15, 0.2) is 182 Å². The highest BCUT2D eigenvalue weighted by molar-refractivity contribution is 7.19. The summed E-state index contributed by atoms with van der Waals surface area (Å²) in [6.45, 7) is 0. The van der Waals surface area contributed by atoms with Crippen LogP contribution in [0.5, 0.6) is 0 Å². The van der Waals surface area contributed by atoms with Crippen LogP contribution in [0, 0.1) is 0 Å². The van der Waals surface area contributed by atoms with Gasteiger partial charge in [-0.1, -0.05) is 176 Å². The molecule has 9 aromatic rings. The molecular formula is C49H30N2S. The van der Waals surface area contributed by atoms with Crippen molar-refractivity contribution in [2.24, 2.45) is 0 Å². The van der Waals surface area contributed by atoms with E-state index in [-0.39, 0.29) is 0 Å². The predicted octanol–water partition coefficient (Wildman–Crippen LogP) is 12.7. The second kappa shape index (κ2) is 11.3. The van der Waals surface area contributed by atoms with Gasteiger partial charge in [0.1, 0.15) is 0 Å². The maximum Gasteiger partial charge on any atom is 0.160 e. The van der Waals surface area contributed by atoms with E-state index < -0.39 is 5.41 Å². The van der Waals surface area contributed by atoms with E-state index in [0.717, 1.165) is 33.5 Å². The van der Waals surface area contributed by atoms with Crippen LogP contribution in [0.3, 0.4) is 0 Å². The first kappa shape index (κ1) is 29.3. The minimum absolute atomic E-state index is 0.520. The second-order valence-electron chi connectivity index (χ2n) is 13.6. The molecular weight excluding hydrogens is 649 g/mol. The number of thiophene rings is 1. The van der Waals surface area contributed by atoms with Crippen molar-refractivity contribution in [3.63, 3.8) is 0 Å². The molecule has 0 radical (unpaired) electrons. The molecule has 7 aromatic carbocycles. The van der Waals surface area contributed by atoms with Crippen molar-refractivity contribution in [1.82, 2.24) is 9.97 Å². The first-order chi connectivity index (χ1) is 25.8. The van der Waals surface area contributed by atoms with Gasteiger partial charge in [0.15, 0.2) is 5.82 Å². The van der Waals surface area contributed by atoms with Crippen molar-refractivity contribution in [2.75, 3.05) is 0 Å². The van der Waals surface area contributed by atoms with Crippen LogP contribution in [0.2, 0.25) is 0 Å². The Kier molecular flexibility index (Phi) is 6.37. The molecule has 52 heavy (non-hydrogen) atoms. The maximum absolute atomic E-state index is 5.40. The van der Waals surface area contributed by atoms with Gasteiger partial charge in [0.2, 0.25) is 0 Å². The third kappa shape index (κ3) is 4.00. The van der Waals surface area contributed by atoms with Gasteiger partial charge < -0.3 is 0 Å². The topological polar surface area (TPSA) is 25.8 Å². The Morgan fingerprint density at radius 2 is 0.904 bits per heavy atom. The third-order valence-corrected chi connectivity index (χ3v) is 12.2. The van der Waals surface area contributed by atoms with E-state index in [1.807, 2.05) is 17.4 Å². The van der Waals surface area contributed by atoms with E-state index in [9.17, 15) is 0 Å². The average molecular weight is 679 g/mol. The molecule has 11 rings (SSSR count). The molecule has 1 spiro atoms. The van der Waals surface area contributed by atoms with Crippen LogP contribution >= 0.6 is 11.3 Å². The number of benzene rings is 7. The van der Waals surface area contributed by atoms with Crippen molar-refractivity contribution in [3.05, 3.63) is 204 Å². The molecule has 0 aliphatic heterocycles. The minimum atomic E-state index is -0.520. The molecule has 2 nitrogen and oxygen atoms in total. The molecule has 2 heterocycles. The number of rotatable bonds is 4. The Balaban J connectivity index is 1.28. The molecule has 0 bridgehead atoms. The van der Waals surface area contributed by atoms with Crippen LogP contribution in [-0.4, -0.2) is 9.97 Å². The van der Waals surface area contributed by atoms with Gasteiger partial charge in [-0.15, -0.1) is 11.3 Å². The predicted molar refractivity (Wildman–Crippen MR) is 215 cm³/mol. The molecule has 2 aliphatic rings. The van der Waals surface area contributed by atoms with E-state index in [2.05, 4.69) is 176 Å². The molecule has 0 saturated carbocycles. The standard InChI is InChI=1S/C49H30N2S/c1-4-17-31(18-5-1)46-43-35-24-11-14-28-39(35)49(44(43)47(52-46)32-19-6-2-7-20-32)38-27-13-10-23-34(38)42-37(26-16-29-40(42)49)45-36-25-12-15-30-41(36)50-48(51-45)33-21-8-3-9-22-33/h1-30H. The van der Waals surface area contributed by atoms with Gasteiger partial charge in [-0.2, -0.15) is 0 Å². The molecule has 3 heteroatoms. The third-order valence-electron chi connectivity index (χ3n) is 10.9. The Morgan fingerprint density at radius 1 is 0.385 bits per heavy atom. The Labute approximate surface area is 306 Å². The molecule has 0 amide bonds. The highest BCUT2D eigenvalue weighted by atomic mass is 32.1. The van der Waals surface area contributed by atoms with Crippen molar-refractivity contribution in [3.8, 4) is 65.8 Å². The smallest absolute Gasteiger partial charge is 0.160 e. The average Bonchev–Trinajstić information content (AvgIpc) is 3.86. The monoisotopic (exact) mass is 678 g/mol. The summed E-state index contributed by atoms with van der Waals surface area (Å²) in [4.78, 5) is 13.1. The molecule has 0 N–H and O–H groups in total. The number of nitrogens with zero attached hydrogens (tertiary/aromatic N) is 2. The summed E-state index contributed by atoms with van der Waals surface area (Å²) in [5, 5.41) is 1.05. The molecule has 0 fully saturated rings. The van der Waals surface area contributed by atoms with E-state index in [4.69, 9.17) is 9.97 Å². The zero-order valence-electron chi connectivity index (χ0n) is 28.1. The number of hydrogen-bond acceptors (Lipinski definition) is 3. The lowest BCUT2D eigenvalue weighted by Crippen LogP contribution is -2.26. The minimum Gasteiger partial charge on any atom is -0.228 e. The molecule has 2 aliphatic carbocycles. The van der Waals surface area contributed by atoms with Crippen LogP contribution in [0.25, 0.3) is 76.7 Å². The van der Waals surface area contributed by atoms with Crippen molar-refractivity contribution >= 4 is 22.2 Å². The van der Waals surface area contributed by atoms with Gasteiger partial charge in [-0.25, -0.2) is 9.97 Å². The normalized spacial score (nSPS) is 15.0. The first-order valence-corrected chi connectivity index (χ1v) is 18.6. The van der Waals surface area contributed by atoms with Gasteiger partial charge >= 0.3 is 0 Å². The lowest BCUT2D eigenvalue weighted by Gasteiger charge is -2.31. The fourth-order valence-electron chi connectivity index (χ4n) is 8.88. The fraction of sp³-hybridized carbons (Fsp3) is 0.0204. The molecule has 1 unspecified atom stereocenters. The summed E-state index contributed by atoms with van der Waals surface area (Å²) in [6, 6.07) is 65.8. The van der Waals surface area contributed by atoms with Crippen molar-refractivity contribution in [2.45, 2.75) is 5.41 Å². The summed E-state index contributed by atoms with van der Waals surface area (Å²) in [6.07, 6.45) is 0. The number of aromatic nitrogens is 2. The zero-order valence-corrected chi connectivity index (χ0v) is 28.9. The summed E-state index contributed by atoms with van der Waals surface area (Å²) in [5.74, 6) is 0.734. The van der Waals surface area contributed by atoms with Crippen molar-refractivity contribution in [1.29, 1.82) is 0 Å². The summed E-state index contributed by atoms with van der Waals surface area (Å²) >= 11 is 1.92. The SMILES string of the molecule is c1ccc(-c2nc(-c3cccc4c3-c3ccccc3C43c4ccccc4-c4c(-c5ccccc5)sc(-c5ccccc5)c43)c3ccccc3n2)cc1. The van der Waals surface area contributed by atoms with E-state index in [0.29, 0.717) is 0 Å². The van der Waals surface area contributed by atoms with Gasteiger partial charge in [0, 0.05) is 31.8 Å². The Bertz CT molecular complexity index is 2840. The summed E-state index contributed by atoms with van der Waals surface area (Å²) in [7, 11) is 0. The van der Waals surface area contributed by atoms with Gasteiger partial charge in [-0.3, -0.25) is 0 Å². The summed E-state index contributed by atoms with van der Waals surface area (Å²) < 4.78 is 0. The molecule has 242 valence electrons. The zero-order chi connectivity index (χ0) is 34.2. The highest BCUT2D eigenvalue weighted by Gasteiger charge is 2.55. The Morgan fingerprint density at radius 3 is 1.60 bits per heavy atom. The largest absolute Gasteiger partial charge is 0.228 e. The van der Waals surface area contributed by atoms with E-state index in [1.165, 1.54) is 65.4 Å².